The summed E-state index contributed by atoms with van der Waals surface area (Å²) in [4.78, 5) is 24.5. The maximum atomic E-state index is 12.3. The lowest BCUT2D eigenvalue weighted by Crippen LogP contribution is -2.30. The minimum absolute atomic E-state index is 0.0165. The molecule has 7 heteroatoms. The van der Waals surface area contributed by atoms with Crippen molar-refractivity contribution in [2.75, 3.05) is 5.32 Å². The van der Waals surface area contributed by atoms with E-state index >= 15 is 0 Å². The number of amides is 1. The van der Waals surface area contributed by atoms with Gasteiger partial charge in [0.2, 0.25) is 0 Å². The van der Waals surface area contributed by atoms with Crippen LogP contribution in [0.15, 0.2) is 47.8 Å². The predicted octanol–water partition coefficient (Wildman–Crippen LogP) is 3.66. The van der Waals surface area contributed by atoms with Crippen LogP contribution in [0.3, 0.4) is 0 Å². The summed E-state index contributed by atoms with van der Waals surface area (Å²) in [6, 6.07) is 13.8. The summed E-state index contributed by atoms with van der Waals surface area (Å²) in [6.07, 6.45) is -1.10. The Kier molecular flexibility index (Phi) is 4.87. The third kappa shape index (κ3) is 3.36. The molecule has 1 atom stereocenters. The number of phenolic OH excluding ortho intramolecular Hbond substituents is 1. The van der Waals surface area contributed by atoms with Crippen LogP contribution >= 0.6 is 11.3 Å². The second kappa shape index (κ2) is 7.25. The number of nitrogens with one attached hydrogen (secondary N) is 1. The fraction of sp³-hybridized carbons (Fsp3) is 0.105. The molecule has 0 aliphatic heterocycles. The highest BCUT2D eigenvalue weighted by Gasteiger charge is 2.22. The fourth-order valence-corrected chi connectivity index (χ4v) is 3.15. The third-order valence-corrected chi connectivity index (χ3v) is 4.63. The van der Waals surface area contributed by atoms with Crippen molar-refractivity contribution < 1.29 is 19.4 Å². The molecular weight excluding hydrogens is 352 g/mol. The van der Waals surface area contributed by atoms with Gasteiger partial charge in [-0.05, 0) is 29.8 Å². The summed E-state index contributed by atoms with van der Waals surface area (Å²) in [6.45, 7) is 1.42. The molecule has 2 N–H and O–H groups in total. The summed E-state index contributed by atoms with van der Waals surface area (Å²) in [5.74, 6) is -1.55. The first-order valence-corrected chi connectivity index (χ1v) is 8.59. The van der Waals surface area contributed by atoms with E-state index in [2.05, 4.69) is 5.32 Å². The maximum Gasteiger partial charge on any atom is 0.342 e. The van der Waals surface area contributed by atoms with Crippen LogP contribution in [0.1, 0.15) is 22.8 Å². The molecule has 3 rings (SSSR count). The van der Waals surface area contributed by atoms with Gasteiger partial charge in [-0.25, -0.2) is 4.79 Å². The number of nitrogens with zero attached hydrogens (tertiary/aromatic N) is 1. The Hall–Kier alpha value is -3.37. The van der Waals surface area contributed by atoms with Crippen molar-refractivity contribution in [2.24, 2.45) is 0 Å². The monoisotopic (exact) mass is 366 g/mol. The number of hydrogen-bond donors (Lipinski definition) is 2. The molecule has 26 heavy (non-hydrogen) atoms. The first-order valence-electron chi connectivity index (χ1n) is 7.71. The molecule has 130 valence electrons. The van der Waals surface area contributed by atoms with Crippen molar-refractivity contribution in [3.8, 4) is 11.8 Å². The van der Waals surface area contributed by atoms with Crippen molar-refractivity contribution in [3.05, 3.63) is 59.0 Å². The van der Waals surface area contributed by atoms with Crippen LogP contribution in [0.4, 0.5) is 5.00 Å². The van der Waals surface area contributed by atoms with Gasteiger partial charge in [-0.1, -0.05) is 30.3 Å². The molecule has 3 aromatic rings. The Bertz CT molecular complexity index is 1040. The third-order valence-electron chi connectivity index (χ3n) is 3.80. The molecule has 0 bridgehead atoms. The highest BCUT2D eigenvalue weighted by molar-refractivity contribution is 7.14. The summed E-state index contributed by atoms with van der Waals surface area (Å²) in [5, 5.41) is 25.2. The lowest BCUT2D eigenvalue weighted by molar-refractivity contribution is -0.123. The number of aromatic hydroxyl groups is 1. The molecule has 0 aliphatic rings. The molecule has 0 unspecified atom stereocenters. The van der Waals surface area contributed by atoms with E-state index in [4.69, 9.17) is 10.00 Å². The number of ether oxygens (including phenoxy) is 1. The van der Waals surface area contributed by atoms with Gasteiger partial charge in [0.15, 0.2) is 6.10 Å². The van der Waals surface area contributed by atoms with Gasteiger partial charge < -0.3 is 15.2 Å². The Morgan fingerprint density at radius 1 is 1.23 bits per heavy atom. The van der Waals surface area contributed by atoms with Crippen LogP contribution in [0.5, 0.6) is 5.75 Å². The molecule has 2 aromatic carbocycles. The summed E-state index contributed by atoms with van der Waals surface area (Å²) >= 11 is 1.20. The van der Waals surface area contributed by atoms with E-state index in [1.165, 1.54) is 24.3 Å². The number of fused-ring (bicyclic) bond motifs is 1. The molecule has 0 fully saturated rings. The predicted molar refractivity (Wildman–Crippen MR) is 98.2 cm³/mol. The van der Waals surface area contributed by atoms with E-state index in [1.54, 1.807) is 29.6 Å². The van der Waals surface area contributed by atoms with Gasteiger partial charge in [0.05, 0.1) is 5.56 Å². The standard InChI is InChI=1S/C19H14N2O4S/c1-11(17(23)21-18-13(10-20)8-9-26-18)25-19(24)15-7-6-12-4-2-3-5-14(12)16(15)22/h2-9,11,22H,1H3,(H,21,23)/t11-/m1/s1. The average molecular weight is 366 g/mol. The van der Waals surface area contributed by atoms with E-state index < -0.39 is 18.0 Å². The van der Waals surface area contributed by atoms with Gasteiger partial charge in [-0.3, -0.25) is 4.79 Å². The van der Waals surface area contributed by atoms with E-state index in [0.29, 0.717) is 16.0 Å². The fourth-order valence-electron chi connectivity index (χ4n) is 2.41. The van der Waals surface area contributed by atoms with Gasteiger partial charge in [-0.2, -0.15) is 5.26 Å². The number of nitriles is 1. The van der Waals surface area contributed by atoms with Crippen molar-refractivity contribution in [1.82, 2.24) is 0 Å². The summed E-state index contributed by atoms with van der Waals surface area (Å²) < 4.78 is 5.16. The molecule has 1 amide bonds. The maximum absolute atomic E-state index is 12.3. The number of thiophene rings is 1. The summed E-state index contributed by atoms with van der Waals surface area (Å²) in [7, 11) is 0. The van der Waals surface area contributed by atoms with Crippen LogP contribution in [-0.4, -0.2) is 23.1 Å². The van der Waals surface area contributed by atoms with Crippen LogP contribution in [0.25, 0.3) is 10.8 Å². The number of esters is 1. The molecule has 1 heterocycles. The zero-order valence-corrected chi connectivity index (χ0v) is 14.5. The van der Waals surface area contributed by atoms with E-state index in [0.717, 1.165) is 5.39 Å². The lowest BCUT2D eigenvalue weighted by atomic mass is 10.1. The lowest BCUT2D eigenvalue weighted by Gasteiger charge is -2.14. The topological polar surface area (TPSA) is 99.4 Å². The molecule has 0 saturated carbocycles. The smallest absolute Gasteiger partial charge is 0.342 e. The quantitative estimate of drug-likeness (QED) is 0.687. The van der Waals surface area contributed by atoms with Gasteiger partial charge >= 0.3 is 5.97 Å². The van der Waals surface area contributed by atoms with Crippen LogP contribution in [0, 0.1) is 11.3 Å². The molecule has 0 saturated heterocycles. The Morgan fingerprint density at radius 2 is 2.00 bits per heavy atom. The number of phenols is 1. The Morgan fingerprint density at radius 3 is 2.77 bits per heavy atom. The number of carbonyl (C=O) groups is 2. The van der Waals surface area contributed by atoms with Crippen molar-refractivity contribution in [3.63, 3.8) is 0 Å². The van der Waals surface area contributed by atoms with Crippen molar-refractivity contribution in [2.45, 2.75) is 13.0 Å². The molecule has 0 radical (unpaired) electrons. The second-order valence-corrected chi connectivity index (χ2v) is 6.41. The molecule has 1 aromatic heterocycles. The Labute approximate surface area is 153 Å². The normalized spacial score (nSPS) is 11.5. The molecule has 6 nitrogen and oxygen atoms in total. The largest absolute Gasteiger partial charge is 0.506 e. The SMILES string of the molecule is C[C@@H](OC(=O)c1ccc2ccccc2c1O)C(=O)Nc1sccc1C#N. The average Bonchev–Trinajstić information content (AvgIpc) is 3.09. The molecule has 0 aliphatic carbocycles. The molecule has 0 spiro atoms. The highest BCUT2D eigenvalue weighted by Crippen LogP contribution is 2.29. The minimum atomic E-state index is -1.10. The highest BCUT2D eigenvalue weighted by atomic mass is 32.1. The van der Waals surface area contributed by atoms with E-state index in [9.17, 15) is 14.7 Å². The second-order valence-electron chi connectivity index (χ2n) is 5.49. The number of hydrogen-bond acceptors (Lipinski definition) is 6. The minimum Gasteiger partial charge on any atom is -0.506 e. The number of rotatable bonds is 4. The van der Waals surface area contributed by atoms with Crippen LogP contribution in [-0.2, 0) is 9.53 Å². The first kappa shape index (κ1) is 17.5. The van der Waals surface area contributed by atoms with Crippen molar-refractivity contribution in [1.29, 1.82) is 5.26 Å². The number of carbonyl (C=O) groups excluding carboxylic acids is 2. The zero-order valence-electron chi connectivity index (χ0n) is 13.7. The first-order chi connectivity index (χ1) is 12.5. The van der Waals surface area contributed by atoms with Gasteiger partial charge in [0.1, 0.15) is 22.4 Å². The van der Waals surface area contributed by atoms with E-state index in [1.807, 2.05) is 18.2 Å². The zero-order chi connectivity index (χ0) is 18.7. The summed E-state index contributed by atoms with van der Waals surface area (Å²) in [5.41, 5.74) is 0.325. The number of benzene rings is 2. The van der Waals surface area contributed by atoms with Crippen molar-refractivity contribution >= 4 is 39.0 Å². The Balaban J connectivity index is 1.74. The van der Waals surface area contributed by atoms with Gasteiger partial charge in [0.25, 0.3) is 5.91 Å². The van der Waals surface area contributed by atoms with Gasteiger partial charge in [-0.15, -0.1) is 11.3 Å². The van der Waals surface area contributed by atoms with E-state index in [-0.39, 0.29) is 11.3 Å². The molecular formula is C19H14N2O4S. The van der Waals surface area contributed by atoms with Gasteiger partial charge in [0, 0.05) is 5.39 Å². The van der Waals surface area contributed by atoms with Crippen LogP contribution < -0.4 is 5.32 Å². The number of anilines is 1. The van der Waals surface area contributed by atoms with Crippen LogP contribution in [0.2, 0.25) is 0 Å².